The van der Waals surface area contributed by atoms with Crippen molar-refractivity contribution in [3.63, 3.8) is 0 Å². The summed E-state index contributed by atoms with van der Waals surface area (Å²) >= 11 is 0. The molecule has 1 aromatic heterocycles. The van der Waals surface area contributed by atoms with Gasteiger partial charge in [0.2, 0.25) is 5.88 Å². The molecule has 0 aliphatic carbocycles. The topological polar surface area (TPSA) is 67.3 Å². The molecule has 2 bridgehead atoms. The second-order valence-corrected chi connectivity index (χ2v) is 5.04. The molecular weight excluding hydrogens is 218 g/mol. The molecule has 0 radical (unpaired) electrons. The monoisotopic (exact) mass is 235 g/mol. The summed E-state index contributed by atoms with van der Waals surface area (Å²) < 4.78 is 4.98. The molecule has 92 valence electrons. The van der Waals surface area contributed by atoms with E-state index < -0.39 is 5.60 Å². The first-order valence-electron chi connectivity index (χ1n) is 6.06. The maximum absolute atomic E-state index is 10.7. The van der Waals surface area contributed by atoms with Crippen LogP contribution in [0.25, 0.3) is 0 Å². The lowest BCUT2D eigenvalue weighted by molar-refractivity contribution is -0.0161. The number of ether oxygens (including phenoxy) is 1. The van der Waals surface area contributed by atoms with E-state index in [9.17, 15) is 5.11 Å². The summed E-state index contributed by atoms with van der Waals surface area (Å²) in [6, 6.07) is 4.41. The van der Waals surface area contributed by atoms with E-state index in [0.29, 0.717) is 23.7 Å². The van der Waals surface area contributed by atoms with Gasteiger partial charge in [0.15, 0.2) is 0 Å². The van der Waals surface area contributed by atoms with Crippen molar-refractivity contribution in [2.24, 2.45) is 0 Å². The molecule has 3 rings (SSSR count). The molecule has 2 N–H and O–H groups in total. The summed E-state index contributed by atoms with van der Waals surface area (Å²) in [6.45, 7) is 0. The maximum Gasteiger partial charge on any atom is 0.233 e. The number of hydrogen-bond acceptors (Lipinski definition) is 5. The molecule has 5 nitrogen and oxygen atoms in total. The molecule has 3 heterocycles. The predicted octanol–water partition coefficient (Wildman–Crippen LogP) is 0.587. The minimum atomic E-state index is -0.823. The van der Waals surface area contributed by atoms with Gasteiger partial charge in [0.25, 0.3) is 0 Å². The number of rotatable bonds is 2. The number of aliphatic hydroxyl groups is 1. The quantitative estimate of drug-likeness (QED) is 0.785. The van der Waals surface area contributed by atoms with Crippen molar-refractivity contribution in [2.45, 2.75) is 43.4 Å². The van der Waals surface area contributed by atoms with Crippen molar-refractivity contribution in [1.29, 1.82) is 0 Å². The zero-order valence-corrected chi connectivity index (χ0v) is 9.89. The van der Waals surface area contributed by atoms with Gasteiger partial charge in [-0.15, -0.1) is 10.2 Å². The van der Waals surface area contributed by atoms with Crippen LogP contribution in [0.1, 0.15) is 31.4 Å². The van der Waals surface area contributed by atoms with Crippen LogP contribution < -0.4 is 10.1 Å². The molecule has 5 heteroatoms. The molecule has 17 heavy (non-hydrogen) atoms. The third-order valence-electron chi connectivity index (χ3n) is 3.83. The fraction of sp³-hybridized carbons (Fsp3) is 0.667. The largest absolute Gasteiger partial charge is 0.480 e. The lowest BCUT2D eigenvalue weighted by Gasteiger charge is -2.36. The average molecular weight is 235 g/mol. The van der Waals surface area contributed by atoms with Crippen LogP contribution in [0.3, 0.4) is 0 Å². The van der Waals surface area contributed by atoms with E-state index in [-0.39, 0.29) is 0 Å². The van der Waals surface area contributed by atoms with Gasteiger partial charge in [-0.05, 0) is 31.7 Å². The Labute approximate surface area is 100 Å². The number of nitrogens with one attached hydrogen (secondary N) is 1. The average Bonchev–Trinajstić information content (AvgIpc) is 2.69. The Kier molecular flexibility index (Phi) is 2.52. The number of methoxy groups -OCH3 is 1. The van der Waals surface area contributed by atoms with E-state index in [2.05, 4.69) is 15.5 Å². The number of nitrogens with zero attached hydrogens (tertiary/aromatic N) is 2. The number of fused-ring (bicyclic) bond motifs is 2. The van der Waals surface area contributed by atoms with Gasteiger partial charge >= 0.3 is 0 Å². The molecule has 0 amide bonds. The Morgan fingerprint density at radius 3 is 2.53 bits per heavy atom. The highest BCUT2D eigenvalue weighted by Crippen LogP contribution is 2.39. The fourth-order valence-electron chi connectivity index (χ4n) is 3.01. The molecule has 0 saturated carbocycles. The van der Waals surface area contributed by atoms with Crippen LogP contribution in [0.2, 0.25) is 0 Å². The van der Waals surface area contributed by atoms with Crippen molar-refractivity contribution in [1.82, 2.24) is 15.5 Å². The second-order valence-electron chi connectivity index (χ2n) is 5.04. The van der Waals surface area contributed by atoms with Gasteiger partial charge in [0.05, 0.1) is 12.8 Å². The van der Waals surface area contributed by atoms with Gasteiger partial charge in [-0.1, -0.05) is 0 Å². The van der Waals surface area contributed by atoms with Crippen molar-refractivity contribution in [2.75, 3.05) is 7.11 Å². The van der Waals surface area contributed by atoms with Crippen LogP contribution in [-0.4, -0.2) is 34.5 Å². The lowest BCUT2D eigenvalue weighted by Crippen LogP contribution is -2.47. The normalized spacial score (nSPS) is 35.9. The van der Waals surface area contributed by atoms with Crippen LogP contribution in [0.4, 0.5) is 0 Å². The van der Waals surface area contributed by atoms with Crippen LogP contribution in [-0.2, 0) is 5.60 Å². The summed E-state index contributed by atoms with van der Waals surface area (Å²) in [6.07, 6.45) is 3.75. The Morgan fingerprint density at radius 2 is 2.00 bits per heavy atom. The molecule has 0 spiro atoms. The van der Waals surface area contributed by atoms with E-state index in [4.69, 9.17) is 4.74 Å². The first-order chi connectivity index (χ1) is 8.19. The smallest absolute Gasteiger partial charge is 0.233 e. The summed E-state index contributed by atoms with van der Waals surface area (Å²) in [5.41, 5.74) is -0.159. The zero-order chi connectivity index (χ0) is 11.9. The zero-order valence-electron chi connectivity index (χ0n) is 9.89. The maximum atomic E-state index is 10.7. The van der Waals surface area contributed by atoms with Gasteiger partial charge < -0.3 is 15.2 Å². The number of aromatic nitrogens is 2. The van der Waals surface area contributed by atoms with Crippen molar-refractivity contribution >= 4 is 0 Å². The molecule has 2 saturated heterocycles. The molecule has 2 unspecified atom stereocenters. The van der Waals surface area contributed by atoms with Gasteiger partial charge in [0.1, 0.15) is 5.60 Å². The Morgan fingerprint density at radius 1 is 1.29 bits per heavy atom. The van der Waals surface area contributed by atoms with Gasteiger partial charge in [-0.2, -0.15) is 0 Å². The first kappa shape index (κ1) is 10.9. The van der Waals surface area contributed by atoms with Crippen LogP contribution >= 0.6 is 0 Å². The van der Waals surface area contributed by atoms with E-state index in [1.165, 1.54) is 0 Å². The molecule has 0 aromatic carbocycles. The van der Waals surface area contributed by atoms with Crippen molar-refractivity contribution < 1.29 is 9.84 Å². The first-order valence-corrected chi connectivity index (χ1v) is 6.06. The third kappa shape index (κ3) is 1.89. The van der Waals surface area contributed by atoms with Crippen molar-refractivity contribution in [3.05, 3.63) is 17.8 Å². The minimum Gasteiger partial charge on any atom is -0.480 e. The Hall–Kier alpha value is -1.20. The molecule has 2 atom stereocenters. The van der Waals surface area contributed by atoms with E-state index >= 15 is 0 Å². The molecule has 2 aliphatic rings. The highest BCUT2D eigenvalue weighted by Gasteiger charge is 2.44. The van der Waals surface area contributed by atoms with Crippen molar-refractivity contribution in [3.8, 4) is 5.88 Å². The van der Waals surface area contributed by atoms with E-state index in [1.807, 2.05) is 6.07 Å². The Bertz CT molecular complexity index is 395. The summed E-state index contributed by atoms with van der Waals surface area (Å²) in [5.74, 6) is 0.481. The number of piperidine rings is 1. The highest BCUT2D eigenvalue weighted by atomic mass is 16.5. The van der Waals surface area contributed by atoms with E-state index in [0.717, 1.165) is 25.7 Å². The second kappa shape index (κ2) is 3.92. The van der Waals surface area contributed by atoms with Crippen LogP contribution in [0.15, 0.2) is 12.1 Å². The molecular formula is C12H17N3O2. The van der Waals surface area contributed by atoms with Crippen LogP contribution in [0, 0.1) is 0 Å². The molecule has 1 aromatic rings. The summed E-state index contributed by atoms with van der Waals surface area (Å²) in [5, 5.41) is 22.2. The molecule has 2 aliphatic heterocycles. The summed E-state index contributed by atoms with van der Waals surface area (Å²) in [7, 11) is 1.56. The Balaban J connectivity index is 1.86. The number of hydrogen-bond donors (Lipinski definition) is 2. The highest BCUT2D eigenvalue weighted by molar-refractivity contribution is 5.19. The minimum absolute atomic E-state index is 0.419. The third-order valence-corrected chi connectivity index (χ3v) is 3.83. The predicted molar refractivity (Wildman–Crippen MR) is 61.7 cm³/mol. The van der Waals surface area contributed by atoms with E-state index in [1.54, 1.807) is 13.2 Å². The molecule has 2 fully saturated rings. The van der Waals surface area contributed by atoms with Gasteiger partial charge in [0, 0.05) is 18.2 Å². The van der Waals surface area contributed by atoms with Crippen LogP contribution in [0.5, 0.6) is 5.88 Å². The SMILES string of the molecule is COc1ccc(C2(O)CC3CCC(C2)N3)nn1. The fourth-order valence-corrected chi connectivity index (χ4v) is 3.01. The lowest BCUT2D eigenvalue weighted by atomic mass is 9.84. The standard InChI is InChI=1S/C12H17N3O2/c1-17-11-5-4-10(14-15-11)12(16)6-8-2-3-9(7-12)13-8/h4-5,8-9,13,16H,2-3,6-7H2,1H3. The summed E-state index contributed by atoms with van der Waals surface area (Å²) in [4.78, 5) is 0. The van der Waals surface area contributed by atoms with Gasteiger partial charge in [-0.25, -0.2) is 0 Å². The van der Waals surface area contributed by atoms with Gasteiger partial charge in [-0.3, -0.25) is 0 Å².